The molecule has 0 aromatic rings. The number of carbonyl (C=O) groups excluding carboxylic acids is 1. The van der Waals surface area contributed by atoms with E-state index in [1.165, 1.54) is 13.8 Å². The topological polar surface area (TPSA) is 60.9 Å². The fourth-order valence-electron chi connectivity index (χ4n) is 2.46. The molecule has 1 unspecified atom stereocenters. The van der Waals surface area contributed by atoms with Crippen LogP contribution in [0.15, 0.2) is 0 Å². The van der Waals surface area contributed by atoms with Crippen LogP contribution in [-0.2, 0) is 9.59 Å². The van der Waals surface area contributed by atoms with E-state index in [-0.39, 0.29) is 5.91 Å². The normalized spacial score (nSPS) is 21.7. The van der Waals surface area contributed by atoms with Gasteiger partial charge in [-0.3, -0.25) is 9.59 Å². The Labute approximate surface area is 109 Å². The molecule has 0 aromatic heterocycles. The first-order valence-corrected chi connectivity index (χ1v) is 6.42. The van der Waals surface area contributed by atoms with Crippen LogP contribution in [0.5, 0.6) is 0 Å². The summed E-state index contributed by atoms with van der Waals surface area (Å²) in [4.78, 5) is 27.0. The first-order valence-electron chi connectivity index (χ1n) is 6.42. The average Bonchev–Trinajstić information content (AvgIpc) is 2.27. The van der Waals surface area contributed by atoms with Gasteiger partial charge in [0.1, 0.15) is 5.41 Å². The molecule has 0 aromatic carbocycles. The van der Waals surface area contributed by atoms with Gasteiger partial charge in [0.2, 0.25) is 5.91 Å². The number of hydrogen-bond acceptors (Lipinski definition) is 3. The zero-order valence-corrected chi connectivity index (χ0v) is 11.8. The van der Waals surface area contributed by atoms with E-state index in [2.05, 4.69) is 11.9 Å². The van der Waals surface area contributed by atoms with E-state index in [9.17, 15) is 9.59 Å². The lowest BCUT2D eigenvalue weighted by molar-refractivity contribution is -0.157. The molecule has 0 radical (unpaired) electrons. The maximum atomic E-state index is 12.1. The van der Waals surface area contributed by atoms with E-state index in [4.69, 9.17) is 5.11 Å². The van der Waals surface area contributed by atoms with E-state index in [1.54, 1.807) is 11.9 Å². The maximum absolute atomic E-state index is 12.1. The molecule has 5 nitrogen and oxygen atoms in total. The summed E-state index contributed by atoms with van der Waals surface area (Å²) < 4.78 is 0. The number of carboxylic acids is 1. The van der Waals surface area contributed by atoms with Crippen molar-refractivity contribution in [2.24, 2.45) is 11.3 Å². The number of carboxylic acid groups (broad SMARTS) is 1. The Morgan fingerprint density at radius 3 is 2.56 bits per heavy atom. The molecular formula is C13H24N2O3. The van der Waals surface area contributed by atoms with Crippen LogP contribution in [0.25, 0.3) is 0 Å². The van der Waals surface area contributed by atoms with Gasteiger partial charge in [0.15, 0.2) is 0 Å². The zero-order valence-electron chi connectivity index (χ0n) is 11.8. The second-order valence-electron chi connectivity index (χ2n) is 5.89. The summed E-state index contributed by atoms with van der Waals surface area (Å²) in [6.45, 7) is 5.64. The van der Waals surface area contributed by atoms with Crippen LogP contribution in [0.2, 0.25) is 0 Å². The van der Waals surface area contributed by atoms with Crippen molar-refractivity contribution >= 4 is 11.9 Å². The highest BCUT2D eigenvalue weighted by molar-refractivity contribution is 6.00. The summed E-state index contributed by atoms with van der Waals surface area (Å²) in [6.07, 6.45) is 2.25. The lowest BCUT2D eigenvalue weighted by Crippen LogP contribution is -2.47. The SMILES string of the molecule is CN1CCCC(CN(C)C(=O)C(C)(C)C(=O)O)C1. The molecule has 1 atom stereocenters. The number of likely N-dealkylation sites (tertiary alicyclic amines) is 1. The number of carbonyl (C=O) groups is 2. The van der Waals surface area contributed by atoms with E-state index in [1.807, 2.05) is 0 Å². The predicted octanol–water partition coefficient (Wildman–Crippen LogP) is 0.897. The third-order valence-electron chi connectivity index (χ3n) is 3.67. The van der Waals surface area contributed by atoms with Gasteiger partial charge in [-0.05, 0) is 46.2 Å². The van der Waals surface area contributed by atoms with Gasteiger partial charge in [0.05, 0.1) is 0 Å². The molecule has 1 aliphatic heterocycles. The molecule has 18 heavy (non-hydrogen) atoms. The number of nitrogens with zero attached hydrogens (tertiary/aromatic N) is 2. The number of piperidine rings is 1. The number of aliphatic carboxylic acids is 1. The van der Waals surface area contributed by atoms with Gasteiger partial charge in [-0.15, -0.1) is 0 Å². The smallest absolute Gasteiger partial charge is 0.318 e. The van der Waals surface area contributed by atoms with Crippen molar-refractivity contribution in [3.8, 4) is 0 Å². The Morgan fingerprint density at radius 1 is 1.44 bits per heavy atom. The number of rotatable bonds is 4. The summed E-state index contributed by atoms with van der Waals surface area (Å²) in [6, 6.07) is 0. The zero-order chi connectivity index (χ0) is 13.9. The minimum atomic E-state index is -1.34. The molecular weight excluding hydrogens is 232 g/mol. The molecule has 0 bridgehead atoms. The second-order valence-corrected chi connectivity index (χ2v) is 5.89. The minimum Gasteiger partial charge on any atom is -0.480 e. The van der Waals surface area contributed by atoms with Crippen LogP contribution in [-0.4, -0.2) is 60.5 Å². The van der Waals surface area contributed by atoms with Crippen molar-refractivity contribution < 1.29 is 14.7 Å². The first kappa shape index (κ1) is 15.0. The van der Waals surface area contributed by atoms with Crippen molar-refractivity contribution in [1.29, 1.82) is 0 Å². The van der Waals surface area contributed by atoms with Gasteiger partial charge in [-0.1, -0.05) is 0 Å². The standard InChI is InChI=1S/C13H24N2O3/c1-13(2,12(17)18)11(16)15(4)9-10-6-5-7-14(3)8-10/h10H,5-9H2,1-4H3,(H,17,18). The molecule has 5 heteroatoms. The molecule has 0 spiro atoms. The van der Waals surface area contributed by atoms with Gasteiger partial charge in [-0.2, -0.15) is 0 Å². The van der Waals surface area contributed by atoms with Crippen molar-refractivity contribution in [2.45, 2.75) is 26.7 Å². The van der Waals surface area contributed by atoms with Gasteiger partial charge in [0, 0.05) is 20.1 Å². The third kappa shape index (κ3) is 3.45. The maximum Gasteiger partial charge on any atom is 0.318 e. The van der Waals surface area contributed by atoms with Crippen LogP contribution < -0.4 is 0 Å². The fraction of sp³-hybridized carbons (Fsp3) is 0.846. The summed E-state index contributed by atoms with van der Waals surface area (Å²) in [5, 5.41) is 9.05. The lowest BCUT2D eigenvalue weighted by Gasteiger charge is -2.34. The van der Waals surface area contributed by atoms with Crippen LogP contribution in [0.1, 0.15) is 26.7 Å². The quantitative estimate of drug-likeness (QED) is 0.759. The van der Waals surface area contributed by atoms with Crippen LogP contribution in [0, 0.1) is 11.3 Å². The van der Waals surface area contributed by atoms with Crippen LogP contribution in [0.4, 0.5) is 0 Å². The molecule has 1 N–H and O–H groups in total. The number of hydrogen-bond donors (Lipinski definition) is 1. The molecule has 1 rings (SSSR count). The Kier molecular flexibility index (Phi) is 4.73. The van der Waals surface area contributed by atoms with Gasteiger partial charge in [0.25, 0.3) is 0 Å². The highest BCUT2D eigenvalue weighted by Crippen LogP contribution is 2.21. The lowest BCUT2D eigenvalue weighted by atomic mass is 9.91. The Morgan fingerprint density at radius 2 is 2.06 bits per heavy atom. The summed E-state index contributed by atoms with van der Waals surface area (Å²) in [7, 11) is 3.77. The molecule has 1 amide bonds. The fourth-order valence-corrected chi connectivity index (χ4v) is 2.46. The van der Waals surface area contributed by atoms with Crippen molar-refractivity contribution in [1.82, 2.24) is 9.80 Å². The molecule has 1 aliphatic rings. The highest BCUT2D eigenvalue weighted by atomic mass is 16.4. The third-order valence-corrected chi connectivity index (χ3v) is 3.67. The van der Waals surface area contributed by atoms with E-state index >= 15 is 0 Å². The Balaban J connectivity index is 2.57. The highest BCUT2D eigenvalue weighted by Gasteiger charge is 2.38. The molecule has 0 saturated carbocycles. The Hall–Kier alpha value is -1.10. The van der Waals surface area contributed by atoms with Gasteiger partial charge >= 0.3 is 5.97 Å². The van der Waals surface area contributed by atoms with Crippen LogP contribution >= 0.6 is 0 Å². The summed E-state index contributed by atoms with van der Waals surface area (Å²) in [5.41, 5.74) is -1.34. The molecule has 1 fully saturated rings. The summed E-state index contributed by atoms with van der Waals surface area (Å²) in [5.74, 6) is -0.939. The van der Waals surface area contributed by atoms with Crippen LogP contribution in [0.3, 0.4) is 0 Å². The summed E-state index contributed by atoms with van der Waals surface area (Å²) >= 11 is 0. The van der Waals surface area contributed by atoms with Crippen molar-refractivity contribution in [2.75, 3.05) is 33.7 Å². The molecule has 1 heterocycles. The van der Waals surface area contributed by atoms with Crippen molar-refractivity contribution in [3.63, 3.8) is 0 Å². The van der Waals surface area contributed by atoms with Gasteiger partial charge in [-0.25, -0.2) is 0 Å². The minimum absolute atomic E-state index is 0.316. The average molecular weight is 256 g/mol. The van der Waals surface area contributed by atoms with E-state index in [0.717, 1.165) is 25.9 Å². The largest absolute Gasteiger partial charge is 0.480 e. The first-order chi connectivity index (χ1) is 8.25. The predicted molar refractivity (Wildman–Crippen MR) is 69.3 cm³/mol. The monoisotopic (exact) mass is 256 g/mol. The van der Waals surface area contributed by atoms with Crippen molar-refractivity contribution in [3.05, 3.63) is 0 Å². The molecule has 104 valence electrons. The molecule has 0 aliphatic carbocycles. The Bertz CT molecular complexity index is 328. The van der Waals surface area contributed by atoms with E-state index in [0.29, 0.717) is 12.5 Å². The second kappa shape index (κ2) is 5.69. The number of amides is 1. The molecule has 1 saturated heterocycles. The van der Waals surface area contributed by atoms with Gasteiger partial charge < -0.3 is 14.9 Å². The van der Waals surface area contributed by atoms with E-state index < -0.39 is 11.4 Å².